The van der Waals surface area contributed by atoms with Gasteiger partial charge < -0.3 is 4.74 Å². The first-order valence-electron chi connectivity index (χ1n) is 10.4. The number of carbonyl (C=O) groups is 2. The molecule has 5 nitrogen and oxygen atoms in total. The molecule has 4 aromatic carbocycles. The minimum atomic E-state index is -0.623. The molecule has 0 saturated carbocycles. The number of methoxy groups -OCH3 is 1. The van der Waals surface area contributed by atoms with Gasteiger partial charge in [-0.2, -0.15) is 5.10 Å². The Morgan fingerprint density at radius 1 is 0.879 bits per heavy atom. The summed E-state index contributed by atoms with van der Waals surface area (Å²) in [6.45, 7) is 1.87. The average Bonchev–Trinajstić information content (AvgIpc) is 3.26. The lowest BCUT2D eigenvalue weighted by Gasteiger charge is -2.13. The van der Waals surface area contributed by atoms with Crippen molar-refractivity contribution in [3.63, 3.8) is 0 Å². The molecule has 0 radical (unpaired) electrons. The Morgan fingerprint density at radius 2 is 1.61 bits per heavy atom. The molecule has 0 N–H and O–H groups in total. The lowest BCUT2D eigenvalue weighted by molar-refractivity contribution is 0.0597. The van der Waals surface area contributed by atoms with Crippen molar-refractivity contribution in [2.75, 3.05) is 7.11 Å². The fourth-order valence-corrected chi connectivity index (χ4v) is 4.38. The molecular weight excluding hydrogens is 436 g/mol. The molecular formula is C27H19ClN2O3. The van der Waals surface area contributed by atoms with Crippen molar-refractivity contribution >= 4 is 44.9 Å². The summed E-state index contributed by atoms with van der Waals surface area (Å²) in [4.78, 5) is 26.5. The summed E-state index contributed by atoms with van der Waals surface area (Å²) in [6, 6.07) is 22.9. The van der Waals surface area contributed by atoms with E-state index in [1.807, 2.05) is 49.4 Å². The van der Waals surface area contributed by atoms with Gasteiger partial charge >= 0.3 is 5.97 Å². The van der Waals surface area contributed by atoms with Crippen molar-refractivity contribution in [2.24, 2.45) is 0 Å². The predicted octanol–water partition coefficient (Wildman–Crippen LogP) is 6.16. The second-order valence-electron chi connectivity index (χ2n) is 7.80. The van der Waals surface area contributed by atoms with Gasteiger partial charge in [0.15, 0.2) is 0 Å². The lowest BCUT2D eigenvalue weighted by Crippen LogP contribution is -2.16. The van der Waals surface area contributed by atoms with Crippen LogP contribution in [-0.2, 0) is 4.74 Å². The highest BCUT2D eigenvalue weighted by Crippen LogP contribution is 2.29. The van der Waals surface area contributed by atoms with E-state index in [1.54, 1.807) is 24.3 Å². The highest BCUT2D eigenvalue weighted by Gasteiger charge is 2.27. The summed E-state index contributed by atoms with van der Waals surface area (Å²) in [5, 5.41) is 8.81. The van der Waals surface area contributed by atoms with Gasteiger partial charge in [0, 0.05) is 10.6 Å². The van der Waals surface area contributed by atoms with Crippen molar-refractivity contribution in [1.29, 1.82) is 0 Å². The molecule has 5 aromatic rings. The standard InChI is InChI=1S/C27H19ClN2O3/c1-16-12-20(28)10-11-24(16)30-25(23(15-29-30)27(32)33-2)26(31)21-9-5-8-19-13-17-6-3-4-7-18(17)14-22(19)21/h3-15H,1-2H3. The van der Waals surface area contributed by atoms with Crippen LogP contribution in [-0.4, -0.2) is 28.6 Å². The Morgan fingerprint density at radius 3 is 2.33 bits per heavy atom. The monoisotopic (exact) mass is 454 g/mol. The fourth-order valence-electron chi connectivity index (χ4n) is 4.16. The molecule has 33 heavy (non-hydrogen) atoms. The summed E-state index contributed by atoms with van der Waals surface area (Å²) < 4.78 is 6.43. The second-order valence-corrected chi connectivity index (χ2v) is 8.23. The number of ether oxygens (including phenoxy) is 1. The molecule has 0 aliphatic rings. The van der Waals surface area contributed by atoms with Gasteiger partial charge in [0.05, 0.1) is 19.0 Å². The van der Waals surface area contributed by atoms with Gasteiger partial charge in [-0.15, -0.1) is 0 Å². The van der Waals surface area contributed by atoms with Crippen LogP contribution in [0.2, 0.25) is 5.02 Å². The van der Waals surface area contributed by atoms with Crippen LogP contribution in [0.4, 0.5) is 0 Å². The maximum absolute atomic E-state index is 14.0. The second kappa shape index (κ2) is 8.19. The van der Waals surface area contributed by atoms with Gasteiger partial charge in [0.2, 0.25) is 5.78 Å². The molecule has 0 aliphatic carbocycles. The zero-order valence-electron chi connectivity index (χ0n) is 18.0. The summed E-state index contributed by atoms with van der Waals surface area (Å²) in [7, 11) is 1.28. The number of halogens is 1. The van der Waals surface area contributed by atoms with Crippen molar-refractivity contribution in [2.45, 2.75) is 6.92 Å². The van der Waals surface area contributed by atoms with Crippen LogP contribution in [0, 0.1) is 6.92 Å². The molecule has 0 saturated heterocycles. The third-order valence-electron chi connectivity index (χ3n) is 5.77. The summed E-state index contributed by atoms with van der Waals surface area (Å²) in [5.74, 6) is -0.940. The molecule has 0 aliphatic heterocycles. The molecule has 1 aromatic heterocycles. The van der Waals surface area contributed by atoms with E-state index in [2.05, 4.69) is 11.2 Å². The van der Waals surface area contributed by atoms with E-state index in [9.17, 15) is 9.59 Å². The van der Waals surface area contributed by atoms with Crippen LogP contribution < -0.4 is 0 Å². The highest BCUT2D eigenvalue weighted by atomic mass is 35.5. The Kier molecular flexibility index (Phi) is 5.19. The number of aromatic nitrogens is 2. The van der Waals surface area contributed by atoms with E-state index < -0.39 is 5.97 Å². The molecule has 0 amide bonds. The number of hydrogen-bond donors (Lipinski definition) is 0. The largest absolute Gasteiger partial charge is 0.465 e. The van der Waals surface area contributed by atoms with Crippen molar-refractivity contribution < 1.29 is 14.3 Å². The maximum atomic E-state index is 14.0. The van der Waals surface area contributed by atoms with Gasteiger partial charge in [-0.3, -0.25) is 4.79 Å². The van der Waals surface area contributed by atoms with Crippen LogP contribution in [0.1, 0.15) is 32.0 Å². The van der Waals surface area contributed by atoms with E-state index in [4.69, 9.17) is 16.3 Å². The fraction of sp³-hybridized carbons (Fsp3) is 0.0741. The number of esters is 1. The van der Waals surface area contributed by atoms with Crippen LogP contribution >= 0.6 is 11.6 Å². The molecule has 162 valence electrons. The Bertz CT molecular complexity index is 1570. The lowest BCUT2D eigenvalue weighted by atomic mass is 9.95. The summed E-state index contributed by atoms with van der Waals surface area (Å²) >= 11 is 6.12. The molecule has 5 rings (SSSR count). The van der Waals surface area contributed by atoms with E-state index in [0.717, 1.165) is 27.1 Å². The third-order valence-corrected chi connectivity index (χ3v) is 6.00. The highest BCUT2D eigenvalue weighted by molar-refractivity contribution is 6.30. The number of benzene rings is 4. The number of ketones is 1. The molecule has 1 heterocycles. The number of carbonyl (C=O) groups excluding carboxylic acids is 2. The predicted molar refractivity (Wildman–Crippen MR) is 130 cm³/mol. The zero-order valence-corrected chi connectivity index (χ0v) is 18.8. The van der Waals surface area contributed by atoms with Crippen LogP contribution in [0.25, 0.3) is 27.2 Å². The van der Waals surface area contributed by atoms with Crippen LogP contribution in [0.5, 0.6) is 0 Å². The topological polar surface area (TPSA) is 61.2 Å². The van der Waals surface area contributed by atoms with Crippen molar-refractivity contribution in [1.82, 2.24) is 9.78 Å². The SMILES string of the molecule is COC(=O)c1cnn(-c2ccc(Cl)cc2C)c1C(=O)c1cccc2cc3ccccc3cc12. The first-order chi connectivity index (χ1) is 16.0. The number of hydrogen-bond acceptors (Lipinski definition) is 4. The molecule has 0 spiro atoms. The van der Waals surface area contributed by atoms with E-state index in [1.165, 1.54) is 18.0 Å². The molecule has 0 fully saturated rings. The smallest absolute Gasteiger partial charge is 0.341 e. The Hall–Kier alpha value is -3.96. The minimum absolute atomic E-state index is 0.106. The first-order valence-corrected chi connectivity index (χ1v) is 10.7. The van der Waals surface area contributed by atoms with Gasteiger partial charge in [-0.1, -0.05) is 54.1 Å². The van der Waals surface area contributed by atoms with E-state index in [-0.39, 0.29) is 17.0 Å². The first kappa shape index (κ1) is 20.9. The Labute approximate surface area is 195 Å². The van der Waals surface area contributed by atoms with Gasteiger partial charge in [0.25, 0.3) is 0 Å². The number of nitrogens with zero attached hydrogens (tertiary/aromatic N) is 2. The number of fused-ring (bicyclic) bond motifs is 2. The van der Waals surface area contributed by atoms with Crippen LogP contribution in [0.15, 0.2) is 79.0 Å². The van der Waals surface area contributed by atoms with Crippen LogP contribution in [0.3, 0.4) is 0 Å². The zero-order chi connectivity index (χ0) is 23.1. The Balaban J connectivity index is 1.76. The van der Waals surface area contributed by atoms with E-state index >= 15 is 0 Å². The van der Waals surface area contributed by atoms with Gasteiger partial charge in [-0.25, -0.2) is 9.48 Å². The molecule has 0 unspecified atom stereocenters. The number of aryl methyl sites for hydroxylation is 1. The van der Waals surface area contributed by atoms with Gasteiger partial charge in [0.1, 0.15) is 11.3 Å². The third kappa shape index (κ3) is 3.56. The molecule has 0 atom stereocenters. The molecule has 0 bridgehead atoms. The average molecular weight is 455 g/mol. The van der Waals surface area contributed by atoms with Gasteiger partial charge in [-0.05, 0) is 64.4 Å². The normalized spacial score (nSPS) is 11.1. The molecule has 6 heteroatoms. The van der Waals surface area contributed by atoms with Crippen molar-refractivity contribution in [3.05, 3.63) is 106 Å². The maximum Gasteiger partial charge on any atom is 0.341 e. The number of rotatable bonds is 4. The summed E-state index contributed by atoms with van der Waals surface area (Å²) in [6.07, 6.45) is 1.37. The van der Waals surface area contributed by atoms with Crippen molar-refractivity contribution in [3.8, 4) is 5.69 Å². The minimum Gasteiger partial charge on any atom is -0.465 e. The van der Waals surface area contributed by atoms with E-state index in [0.29, 0.717) is 16.3 Å². The quantitative estimate of drug-likeness (QED) is 0.185. The summed E-state index contributed by atoms with van der Waals surface area (Å²) in [5.41, 5.74) is 2.21.